The van der Waals surface area contributed by atoms with Crippen molar-refractivity contribution in [3.63, 3.8) is 0 Å². The number of hydrogen-bond donors (Lipinski definition) is 2. The summed E-state index contributed by atoms with van der Waals surface area (Å²) in [5, 5.41) is 13.8. The van der Waals surface area contributed by atoms with E-state index in [0.717, 1.165) is 18.3 Å². The van der Waals surface area contributed by atoms with Crippen molar-refractivity contribution in [2.24, 2.45) is 0 Å². The van der Waals surface area contributed by atoms with Gasteiger partial charge in [-0.1, -0.05) is 0 Å². The second-order valence-electron chi connectivity index (χ2n) is 4.72. The highest BCUT2D eigenvalue weighted by Gasteiger charge is 2.14. The van der Waals surface area contributed by atoms with E-state index in [0.29, 0.717) is 11.4 Å². The van der Waals surface area contributed by atoms with Gasteiger partial charge in [0, 0.05) is 11.9 Å². The topological polar surface area (TPSA) is 74.1 Å². The quantitative estimate of drug-likeness (QED) is 0.493. The number of amides is 1. The molecule has 8 heteroatoms. The number of methoxy groups -OCH3 is 1. The van der Waals surface area contributed by atoms with E-state index >= 15 is 0 Å². The Hall–Kier alpha value is -3.47. The maximum Gasteiger partial charge on any atom is 0.267 e. The lowest BCUT2D eigenvalue weighted by Gasteiger charge is -2.07. The number of anilines is 2. The molecule has 0 bridgehead atoms. The molecule has 0 atom stereocenters. The molecule has 1 amide bonds. The van der Waals surface area contributed by atoms with Crippen molar-refractivity contribution in [2.45, 2.75) is 0 Å². The summed E-state index contributed by atoms with van der Waals surface area (Å²) >= 11 is 0. The fraction of sp³-hybridized carbons (Fsp3) is 0.0588. The molecule has 0 radical (unpaired) electrons. The maximum absolute atomic E-state index is 13.5. The van der Waals surface area contributed by atoms with Gasteiger partial charge in [-0.25, -0.2) is 13.2 Å². The van der Waals surface area contributed by atoms with Gasteiger partial charge in [-0.2, -0.15) is 5.26 Å². The molecule has 2 aromatic carbocycles. The first-order chi connectivity index (χ1) is 12.0. The Morgan fingerprint density at radius 2 is 1.80 bits per heavy atom. The minimum absolute atomic E-state index is 0.389. The fourth-order valence-electron chi connectivity index (χ4n) is 1.81. The molecule has 0 fully saturated rings. The third-order valence-electron chi connectivity index (χ3n) is 3.12. The molecule has 0 aliphatic rings. The maximum atomic E-state index is 13.5. The summed E-state index contributed by atoms with van der Waals surface area (Å²) < 4.78 is 44.5. The van der Waals surface area contributed by atoms with Gasteiger partial charge in [-0.3, -0.25) is 4.79 Å². The van der Waals surface area contributed by atoms with Gasteiger partial charge in [0.2, 0.25) is 0 Å². The molecule has 0 aliphatic heterocycles. The molecule has 0 spiro atoms. The molecule has 2 rings (SSSR count). The second kappa shape index (κ2) is 7.88. The van der Waals surface area contributed by atoms with Crippen LogP contribution in [0.2, 0.25) is 0 Å². The van der Waals surface area contributed by atoms with Crippen LogP contribution in [0.5, 0.6) is 5.75 Å². The Kier molecular flexibility index (Phi) is 5.63. The van der Waals surface area contributed by atoms with Crippen LogP contribution in [0.15, 0.2) is 48.2 Å². The number of ether oxygens (including phenoxy) is 1. The normalized spacial score (nSPS) is 10.8. The zero-order valence-corrected chi connectivity index (χ0v) is 12.9. The van der Waals surface area contributed by atoms with Gasteiger partial charge in [-0.05, 0) is 36.4 Å². The SMILES string of the molecule is COc1ccc(NC(=O)/C(C#N)=C\Nc2ccc(F)c(F)c2F)cc1. The van der Waals surface area contributed by atoms with Gasteiger partial charge in [0.1, 0.15) is 17.4 Å². The molecule has 128 valence electrons. The zero-order chi connectivity index (χ0) is 18.4. The first-order valence-corrected chi connectivity index (χ1v) is 6.92. The van der Waals surface area contributed by atoms with Crippen LogP contribution in [0.1, 0.15) is 0 Å². The van der Waals surface area contributed by atoms with Crippen molar-refractivity contribution >= 4 is 17.3 Å². The van der Waals surface area contributed by atoms with E-state index in [1.165, 1.54) is 7.11 Å². The summed E-state index contributed by atoms with van der Waals surface area (Å²) in [6.07, 6.45) is 0.897. The standard InChI is InChI=1S/C17H12F3N3O2/c1-25-12-4-2-11(3-5-12)23-17(24)10(8-21)9-22-14-7-6-13(18)15(19)16(14)20/h2-7,9,22H,1H3,(H,23,24)/b10-9-. The molecular weight excluding hydrogens is 335 g/mol. The molecule has 0 saturated carbocycles. The highest BCUT2D eigenvalue weighted by molar-refractivity contribution is 6.06. The van der Waals surface area contributed by atoms with Crippen LogP contribution in [-0.4, -0.2) is 13.0 Å². The van der Waals surface area contributed by atoms with E-state index in [4.69, 9.17) is 10.00 Å². The number of hydrogen-bond acceptors (Lipinski definition) is 4. The van der Waals surface area contributed by atoms with Crippen molar-refractivity contribution in [3.05, 3.63) is 65.6 Å². The summed E-state index contributed by atoms with van der Waals surface area (Å²) in [6, 6.07) is 9.65. The van der Waals surface area contributed by atoms with Crippen molar-refractivity contribution in [3.8, 4) is 11.8 Å². The molecule has 0 unspecified atom stereocenters. The summed E-state index contributed by atoms with van der Waals surface area (Å²) in [5.74, 6) is -4.62. The molecule has 0 heterocycles. The number of nitrogens with zero attached hydrogens (tertiary/aromatic N) is 1. The Bertz CT molecular complexity index is 859. The first-order valence-electron chi connectivity index (χ1n) is 6.92. The smallest absolute Gasteiger partial charge is 0.267 e. The van der Waals surface area contributed by atoms with E-state index in [1.54, 1.807) is 30.3 Å². The minimum Gasteiger partial charge on any atom is -0.497 e. The number of benzene rings is 2. The van der Waals surface area contributed by atoms with Crippen LogP contribution in [0.25, 0.3) is 0 Å². The lowest BCUT2D eigenvalue weighted by molar-refractivity contribution is -0.112. The predicted octanol–water partition coefficient (Wildman–Crippen LogP) is 3.57. The Morgan fingerprint density at radius 1 is 1.12 bits per heavy atom. The van der Waals surface area contributed by atoms with Crippen LogP contribution < -0.4 is 15.4 Å². The monoisotopic (exact) mass is 347 g/mol. The highest BCUT2D eigenvalue weighted by atomic mass is 19.2. The lowest BCUT2D eigenvalue weighted by Crippen LogP contribution is -2.14. The zero-order valence-electron chi connectivity index (χ0n) is 12.9. The first kappa shape index (κ1) is 17.9. The number of carbonyl (C=O) groups excluding carboxylic acids is 1. The predicted molar refractivity (Wildman–Crippen MR) is 85.3 cm³/mol. The molecule has 5 nitrogen and oxygen atoms in total. The van der Waals surface area contributed by atoms with Crippen molar-refractivity contribution in [1.82, 2.24) is 0 Å². The van der Waals surface area contributed by atoms with Crippen molar-refractivity contribution in [2.75, 3.05) is 17.7 Å². The minimum atomic E-state index is -1.65. The number of nitrogens with one attached hydrogen (secondary N) is 2. The molecule has 0 aliphatic carbocycles. The molecule has 0 saturated heterocycles. The van der Waals surface area contributed by atoms with E-state index < -0.39 is 29.0 Å². The Balaban J connectivity index is 2.12. The van der Waals surface area contributed by atoms with Gasteiger partial charge >= 0.3 is 0 Å². The van der Waals surface area contributed by atoms with Gasteiger partial charge < -0.3 is 15.4 Å². The second-order valence-corrected chi connectivity index (χ2v) is 4.72. The average Bonchev–Trinajstić information content (AvgIpc) is 2.62. The van der Waals surface area contributed by atoms with Crippen molar-refractivity contribution < 1.29 is 22.7 Å². The molecular formula is C17H12F3N3O2. The Labute approximate surface area is 141 Å². The van der Waals surface area contributed by atoms with Crippen LogP contribution in [0.4, 0.5) is 24.5 Å². The number of carbonyl (C=O) groups is 1. The van der Waals surface area contributed by atoms with E-state index in [-0.39, 0.29) is 5.57 Å². The summed E-state index contributed by atoms with van der Waals surface area (Å²) in [4.78, 5) is 12.0. The largest absolute Gasteiger partial charge is 0.497 e. The third kappa shape index (κ3) is 4.29. The van der Waals surface area contributed by atoms with Crippen molar-refractivity contribution in [1.29, 1.82) is 5.26 Å². The van der Waals surface area contributed by atoms with Gasteiger partial charge in [0.15, 0.2) is 17.5 Å². The Morgan fingerprint density at radius 3 is 2.40 bits per heavy atom. The number of halogens is 3. The molecule has 25 heavy (non-hydrogen) atoms. The molecule has 0 aromatic heterocycles. The van der Waals surface area contributed by atoms with Crippen LogP contribution in [0.3, 0.4) is 0 Å². The van der Waals surface area contributed by atoms with Gasteiger partial charge in [0.25, 0.3) is 5.91 Å². The van der Waals surface area contributed by atoms with E-state index in [1.807, 2.05) is 0 Å². The molecule has 2 N–H and O–H groups in total. The highest BCUT2D eigenvalue weighted by Crippen LogP contribution is 2.20. The summed E-state index contributed by atoms with van der Waals surface area (Å²) in [6.45, 7) is 0. The van der Waals surface area contributed by atoms with Crippen LogP contribution in [0, 0.1) is 28.8 Å². The van der Waals surface area contributed by atoms with Crippen LogP contribution in [-0.2, 0) is 4.79 Å². The summed E-state index contributed by atoms with van der Waals surface area (Å²) in [7, 11) is 1.49. The molecule has 2 aromatic rings. The number of nitriles is 1. The third-order valence-corrected chi connectivity index (χ3v) is 3.12. The fourth-order valence-corrected chi connectivity index (χ4v) is 1.81. The summed E-state index contributed by atoms with van der Waals surface area (Å²) in [5.41, 5.74) is -0.394. The average molecular weight is 347 g/mol. The van der Waals surface area contributed by atoms with E-state index in [2.05, 4.69) is 10.6 Å². The lowest BCUT2D eigenvalue weighted by atomic mass is 10.2. The van der Waals surface area contributed by atoms with E-state index in [9.17, 15) is 18.0 Å². The van der Waals surface area contributed by atoms with Gasteiger partial charge in [0.05, 0.1) is 12.8 Å². The number of rotatable bonds is 5. The van der Waals surface area contributed by atoms with Crippen LogP contribution >= 0.6 is 0 Å². The van der Waals surface area contributed by atoms with Gasteiger partial charge in [-0.15, -0.1) is 0 Å².